The molecular formula is C18H25N3O7S. The van der Waals surface area contributed by atoms with Crippen LogP contribution in [-0.2, 0) is 27.7 Å². The van der Waals surface area contributed by atoms with Crippen molar-refractivity contribution in [2.24, 2.45) is 5.92 Å². The van der Waals surface area contributed by atoms with Crippen molar-refractivity contribution in [3.05, 3.63) is 40.9 Å². The molecule has 0 saturated carbocycles. The summed E-state index contributed by atoms with van der Waals surface area (Å²) in [5.41, 5.74) is 0.869. The Morgan fingerprint density at radius 2 is 1.93 bits per heavy atom. The number of aromatic hydroxyl groups is 1. The summed E-state index contributed by atoms with van der Waals surface area (Å²) >= 11 is 0. The predicted molar refractivity (Wildman–Crippen MR) is 104 cm³/mol. The predicted octanol–water partition coefficient (Wildman–Crippen LogP) is 0.760. The molecule has 0 fully saturated rings. The van der Waals surface area contributed by atoms with Crippen LogP contribution in [0.25, 0.3) is 0 Å². The molecule has 1 heterocycles. The molecule has 2 rings (SSSR count). The van der Waals surface area contributed by atoms with Crippen molar-refractivity contribution in [1.29, 1.82) is 0 Å². The number of sulfone groups is 1. The number of carbonyl (C=O) groups is 1. The maximum atomic E-state index is 12.7. The van der Waals surface area contributed by atoms with Crippen molar-refractivity contribution in [1.82, 2.24) is 14.6 Å². The van der Waals surface area contributed by atoms with Gasteiger partial charge in [0.2, 0.25) is 11.8 Å². The Morgan fingerprint density at radius 3 is 2.48 bits per heavy atom. The Morgan fingerprint density at radius 1 is 1.28 bits per heavy atom. The fraction of sp³-hybridized carbons (Fsp3) is 0.444. The van der Waals surface area contributed by atoms with Crippen molar-refractivity contribution in [2.75, 3.05) is 12.9 Å². The first-order valence-electron chi connectivity index (χ1n) is 9.03. The molecule has 0 aliphatic heterocycles. The summed E-state index contributed by atoms with van der Waals surface area (Å²) in [6.07, 6.45) is 2.80. The Balaban J connectivity index is 2.29. The molecule has 1 aromatic carbocycles. The normalized spacial score (nSPS) is 12.5. The summed E-state index contributed by atoms with van der Waals surface area (Å²) in [6, 6.07) is 5.62. The van der Waals surface area contributed by atoms with E-state index in [1.807, 2.05) is 6.92 Å². The number of aryl methyl sites for hydroxylation is 1. The van der Waals surface area contributed by atoms with Crippen LogP contribution in [0.15, 0.2) is 40.2 Å². The van der Waals surface area contributed by atoms with Gasteiger partial charge in [-0.05, 0) is 30.7 Å². The quantitative estimate of drug-likeness (QED) is 0.376. The Bertz CT molecular complexity index is 993. The monoisotopic (exact) mass is 427 g/mol. The topological polar surface area (TPSA) is 140 Å². The van der Waals surface area contributed by atoms with Crippen LogP contribution >= 0.6 is 0 Å². The average molecular weight is 427 g/mol. The summed E-state index contributed by atoms with van der Waals surface area (Å²) in [7, 11) is -2.48. The Hall–Kier alpha value is -2.79. The van der Waals surface area contributed by atoms with E-state index in [0.29, 0.717) is 12.3 Å². The molecule has 0 saturated heterocycles. The van der Waals surface area contributed by atoms with Gasteiger partial charge < -0.3 is 9.84 Å². The smallest absolute Gasteiger partial charge is 0.331 e. The first-order chi connectivity index (χ1) is 13.7. The molecule has 0 spiro atoms. The highest BCUT2D eigenvalue weighted by Crippen LogP contribution is 2.20. The van der Waals surface area contributed by atoms with Crippen molar-refractivity contribution < 1.29 is 28.3 Å². The molecule has 0 bridgehead atoms. The SMILES string of the molecule is CCCCn1cc(O)n(CC(CS(=O)(=O)c2ccc(OC)cc2)C(=O)NO)c1=O. The second-order valence-corrected chi connectivity index (χ2v) is 8.59. The van der Waals surface area contributed by atoms with E-state index >= 15 is 0 Å². The minimum absolute atomic E-state index is 0.0360. The first kappa shape index (κ1) is 22.5. The van der Waals surface area contributed by atoms with Crippen molar-refractivity contribution in [3.63, 3.8) is 0 Å². The summed E-state index contributed by atoms with van der Waals surface area (Å²) in [5, 5.41) is 19.1. The van der Waals surface area contributed by atoms with Gasteiger partial charge >= 0.3 is 5.69 Å². The zero-order chi connectivity index (χ0) is 21.6. The van der Waals surface area contributed by atoms with Crippen LogP contribution in [0.1, 0.15) is 19.8 Å². The molecule has 0 aliphatic carbocycles. The molecule has 2 aromatic rings. The Labute approximate surface area is 168 Å². The number of nitrogens with zero attached hydrogens (tertiary/aromatic N) is 2. The highest BCUT2D eigenvalue weighted by atomic mass is 32.2. The van der Waals surface area contributed by atoms with E-state index in [0.717, 1.165) is 17.4 Å². The summed E-state index contributed by atoms with van der Waals surface area (Å²) in [4.78, 5) is 24.5. The molecule has 10 nitrogen and oxygen atoms in total. The number of imidazole rings is 1. The highest BCUT2D eigenvalue weighted by Gasteiger charge is 2.29. The lowest BCUT2D eigenvalue weighted by molar-refractivity contribution is -0.133. The lowest BCUT2D eigenvalue weighted by Crippen LogP contribution is -2.38. The van der Waals surface area contributed by atoms with Gasteiger partial charge in [-0.25, -0.2) is 18.7 Å². The van der Waals surface area contributed by atoms with Gasteiger partial charge in [-0.1, -0.05) is 13.3 Å². The van der Waals surface area contributed by atoms with Gasteiger partial charge in [0, 0.05) is 13.1 Å². The molecule has 0 aliphatic rings. The van der Waals surface area contributed by atoms with Crippen LogP contribution in [0.3, 0.4) is 0 Å². The molecule has 1 unspecified atom stereocenters. The van der Waals surface area contributed by atoms with Crippen molar-refractivity contribution in [2.45, 2.75) is 37.8 Å². The van der Waals surface area contributed by atoms with E-state index in [1.165, 1.54) is 47.6 Å². The zero-order valence-electron chi connectivity index (χ0n) is 16.2. The van der Waals surface area contributed by atoms with E-state index in [1.54, 1.807) is 0 Å². The number of benzene rings is 1. The molecule has 1 atom stereocenters. The number of rotatable bonds is 10. The summed E-state index contributed by atoms with van der Waals surface area (Å²) < 4.78 is 32.6. The molecule has 3 N–H and O–H groups in total. The number of methoxy groups -OCH3 is 1. The van der Waals surface area contributed by atoms with E-state index in [4.69, 9.17) is 9.94 Å². The fourth-order valence-electron chi connectivity index (χ4n) is 2.84. The lowest BCUT2D eigenvalue weighted by Gasteiger charge is -2.16. The van der Waals surface area contributed by atoms with Crippen LogP contribution < -0.4 is 15.9 Å². The van der Waals surface area contributed by atoms with E-state index < -0.39 is 39.6 Å². The maximum Gasteiger partial charge on any atom is 0.331 e. The van der Waals surface area contributed by atoms with Gasteiger partial charge in [0.25, 0.3) is 0 Å². The summed E-state index contributed by atoms with van der Waals surface area (Å²) in [5.74, 6) is -2.87. The van der Waals surface area contributed by atoms with Gasteiger partial charge in [0.05, 0.1) is 29.9 Å². The van der Waals surface area contributed by atoms with Gasteiger partial charge in [0.1, 0.15) is 5.75 Å². The van der Waals surface area contributed by atoms with Crippen LogP contribution in [0.4, 0.5) is 0 Å². The largest absolute Gasteiger partial charge is 0.497 e. The third-order valence-corrected chi connectivity index (χ3v) is 6.33. The molecule has 11 heteroatoms. The fourth-order valence-corrected chi connectivity index (χ4v) is 4.37. The number of hydrogen-bond acceptors (Lipinski definition) is 7. The number of nitrogens with one attached hydrogen (secondary N) is 1. The summed E-state index contributed by atoms with van der Waals surface area (Å²) in [6.45, 7) is 1.93. The van der Waals surface area contributed by atoms with Crippen molar-refractivity contribution >= 4 is 15.7 Å². The molecular weight excluding hydrogens is 402 g/mol. The minimum Gasteiger partial charge on any atom is -0.497 e. The number of hydrogen-bond donors (Lipinski definition) is 3. The second kappa shape index (κ2) is 9.61. The highest BCUT2D eigenvalue weighted by molar-refractivity contribution is 7.91. The number of ether oxygens (including phenoxy) is 1. The standard InChI is InChI=1S/C18H25N3O7S/c1-3-4-9-20-11-16(22)21(18(20)24)10-13(17(23)19-25)12-29(26,27)15-7-5-14(28-2)6-8-15/h5-8,11,13,22,25H,3-4,9-10,12H2,1-2H3,(H,19,23). The van der Waals surface area contributed by atoms with E-state index in [2.05, 4.69) is 0 Å². The van der Waals surface area contributed by atoms with Crippen LogP contribution in [-0.4, -0.2) is 46.6 Å². The number of hydroxylamine groups is 1. The van der Waals surface area contributed by atoms with Gasteiger partial charge in [0.15, 0.2) is 9.84 Å². The number of carbonyl (C=O) groups excluding carboxylic acids is 1. The van der Waals surface area contributed by atoms with Crippen molar-refractivity contribution in [3.8, 4) is 11.6 Å². The first-order valence-corrected chi connectivity index (χ1v) is 10.7. The van der Waals surface area contributed by atoms with Crippen LogP contribution in [0.5, 0.6) is 11.6 Å². The molecule has 0 radical (unpaired) electrons. The lowest BCUT2D eigenvalue weighted by atomic mass is 10.1. The van der Waals surface area contributed by atoms with Gasteiger partial charge in [-0.3, -0.25) is 19.1 Å². The van der Waals surface area contributed by atoms with Gasteiger partial charge in [-0.2, -0.15) is 0 Å². The number of unbranched alkanes of at least 4 members (excludes halogenated alkanes) is 1. The van der Waals surface area contributed by atoms with Crippen LogP contribution in [0, 0.1) is 5.92 Å². The second-order valence-electron chi connectivity index (χ2n) is 6.56. The molecule has 1 aromatic heterocycles. The molecule has 29 heavy (non-hydrogen) atoms. The minimum atomic E-state index is -3.92. The van der Waals surface area contributed by atoms with Crippen LogP contribution in [0.2, 0.25) is 0 Å². The number of aromatic nitrogens is 2. The van der Waals surface area contributed by atoms with E-state index in [-0.39, 0.29) is 10.8 Å². The molecule has 1 amide bonds. The number of amides is 1. The zero-order valence-corrected chi connectivity index (χ0v) is 17.1. The van der Waals surface area contributed by atoms with E-state index in [9.17, 15) is 23.1 Å². The average Bonchev–Trinajstić information content (AvgIpc) is 2.98. The third-order valence-electron chi connectivity index (χ3n) is 4.50. The third kappa shape index (κ3) is 5.39. The molecule has 160 valence electrons. The maximum absolute atomic E-state index is 12.7. The van der Waals surface area contributed by atoms with Gasteiger partial charge in [-0.15, -0.1) is 0 Å². The Kier molecular flexibility index (Phi) is 7.46.